The summed E-state index contributed by atoms with van der Waals surface area (Å²) in [5, 5.41) is 7.04. The minimum Gasteiger partial charge on any atom is -0.493 e. The van der Waals surface area contributed by atoms with Gasteiger partial charge in [0.1, 0.15) is 0 Å². The third kappa shape index (κ3) is 6.00. The number of piperidine rings is 1. The number of aryl methyl sites for hydroxylation is 1. The zero-order valence-corrected chi connectivity index (χ0v) is 22.5. The maximum absolute atomic E-state index is 12.3. The summed E-state index contributed by atoms with van der Waals surface area (Å²) in [7, 11) is 4.99. The first kappa shape index (κ1) is 26.8. The van der Waals surface area contributed by atoms with Crippen LogP contribution in [-0.2, 0) is 18.3 Å². The van der Waals surface area contributed by atoms with Gasteiger partial charge in [-0.1, -0.05) is 23.7 Å². The molecule has 3 aromatic rings. The van der Waals surface area contributed by atoms with Crippen molar-refractivity contribution in [1.29, 1.82) is 0 Å². The van der Waals surface area contributed by atoms with E-state index in [0.717, 1.165) is 47.3 Å². The van der Waals surface area contributed by atoms with Crippen molar-refractivity contribution in [3.05, 3.63) is 80.7 Å². The fourth-order valence-corrected chi connectivity index (χ4v) is 5.46. The number of halogens is 1. The van der Waals surface area contributed by atoms with Gasteiger partial charge in [-0.05, 0) is 77.4 Å². The van der Waals surface area contributed by atoms with Gasteiger partial charge >= 0.3 is 0 Å². The Kier molecular flexibility index (Phi) is 8.56. The van der Waals surface area contributed by atoms with Gasteiger partial charge in [0.15, 0.2) is 11.5 Å². The molecule has 1 aromatic heterocycles. The number of rotatable bonds is 8. The highest BCUT2D eigenvalue weighted by atomic mass is 35.5. The fraction of sp³-hybridized carbons (Fsp3) is 0.379. The van der Waals surface area contributed by atoms with Gasteiger partial charge in [0.2, 0.25) is 5.91 Å². The van der Waals surface area contributed by atoms with Crippen molar-refractivity contribution in [1.82, 2.24) is 15.2 Å². The molecule has 0 aliphatic carbocycles. The lowest BCUT2D eigenvalue weighted by molar-refractivity contribution is -0.118. The van der Waals surface area contributed by atoms with Gasteiger partial charge in [-0.15, -0.1) is 0 Å². The van der Waals surface area contributed by atoms with E-state index in [0.29, 0.717) is 29.5 Å². The van der Waals surface area contributed by atoms with E-state index in [2.05, 4.69) is 22.8 Å². The number of ether oxygens (including phenoxy) is 2. The average Bonchev–Trinajstić information content (AvgIpc) is 2.89. The largest absolute Gasteiger partial charge is 0.493 e. The molecule has 1 aliphatic rings. The third-order valence-corrected chi connectivity index (χ3v) is 7.45. The summed E-state index contributed by atoms with van der Waals surface area (Å²) in [5.41, 5.74) is 5.06. The highest BCUT2D eigenvalue weighted by Gasteiger charge is 2.30. The zero-order chi connectivity index (χ0) is 26.5. The highest BCUT2D eigenvalue weighted by Crippen LogP contribution is 2.42. The molecule has 1 aliphatic heterocycles. The van der Waals surface area contributed by atoms with Gasteiger partial charge < -0.3 is 24.7 Å². The lowest BCUT2D eigenvalue weighted by Gasteiger charge is -2.33. The molecule has 2 aromatic carbocycles. The number of carbonyl (C=O) groups excluding carboxylic acids is 1. The molecule has 1 amide bonds. The molecule has 0 unspecified atom stereocenters. The smallest absolute Gasteiger partial charge is 0.250 e. The van der Waals surface area contributed by atoms with Crippen molar-refractivity contribution in [3.63, 3.8) is 0 Å². The van der Waals surface area contributed by atoms with E-state index in [1.54, 1.807) is 31.9 Å². The SMILES string of the molecule is COc1cc(CCNC(C)=O)c(-c2ccc([C@H]3CNCC[C@@H]3c3ccn(C)c(=O)c3)c(Cl)c2)cc1OC. The predicted octanol–water partition coefficient (Wildman–Crippen LogP) is 4.26. The van der Waals surface area contributed by atoms with Crippen LogP contribution in [0, 0.1) is 0 Å². The molecule has 2 atom stereocenters. The number of aromatic nitrogens is 1. The Hall–Kier alpha value is -3.29. The van der Waals surface area contributed by atoms with E-state index in [1.807, 2.05) is 30.5 Å². The molecule has 2 heterocycles. The average molecular weight is 524 g/mol. The molecule has 4 rings (SSSR count). The van der Waals surface area contributed by atoms with Crippen molar-refractivity contribution >= 4 is 17.5 Å². The lowest BCUT2D eigenvalue weighted by atomic mass is 9.77. The van der Waals surface area contributed by atoms with Crippen molar-refractivity contribution in [2.75, 3.05) is 33.9 Å². The molecule has 0 radical (unpaired) electrons. The molecule has 0 saturated carbocycles. The fourth-order valence-electron chi connectivity index (χ4n) is 5.14. The topological polar surface area (TPSA) is 81.6 Å². The minimum atomic E-state index is -0.0682. The van der Waals surface area contributed by atoms with Crippen LogP contribution in [0.4, 0.5) is 0 Å². The van der Waals surface area contributed by atoms with Gasteiger partial charge in [0, 0.05) is 50.3 Å². The normalized spacial score (nSPS) is 17.3. The van der Waals surface area contributed by atoms with Crippen LogP contribution in [0.15, 0.2) is 53.5 Å². The summed E-state index contributed by atoms with van der Waals surface area (Å²) in [6, 6.07) is 13.9. The first-order valence-electron chi connectivity index (χ1n) is 12.5. The lowest BCUT2D eigenvalue weighted by Crippen LogP contribution is -2.34. The number of amides is 1. The second kappa shape index (κ2) is 11.8. The summed E-state index contributed by atoms with van der Waals surface area (Å²) >= 11 is 6.95. The van der Waals surface area contributed by atoms with Crippen molar-refractivity contribution < 1.29 is 14.3 Å². The summed E-state index contributed by atoms with van der Waals surface area (Å²) in [6.07, 6.45) is 3.39. The summed E-state index contributed by atoms with van der Waals surface area (Å²) in [6.45, 7) is 3.71. The maximum Gasteiger partial charge on any atom is 0.250 e. The van der Waals surface area contributed by atoms with Crippen LogP contribution >= 0.6 is 11.6 Å². The maximum atomic E-state index is 12.3. The Morgan fingerprint density at radius 3 is 2.54 bits per heavy atom. The van der Waals surface area contributed by atoms with Crippen LogP contribution in [0.25, 0.3) is 11.1 Å². The number of hydrogen-bond donors (Lipinski definition) is 2. The molecule has 8 heteroatoms. The summed E-state index contributed by atoms with van der Waals surface area (Å²) < 4.78 is 12.7. The monoisotopic (exact) mass is 523 g/mol. The zero-order valence-electron chi connectivity index (χ0n) is 21.8. The Morgan fingerprint density at radius 1 is 1.11 bits per heavy atom. The second-order valence-corrected chi connectivity index (χ2v) is 9.86. The molecular weight excluding hydrogens is 490 g/mol. The molecule has 2 N–H and O–H groups in total. The van der Waals surface area contributed by atoms with E-state index in [9.17, 15) is 9.59 Å². The minimum absolute atomic E-state index is 0.00327. The first-order valence-corrected chi connectivity index (χ1v) is 12.9. The molecule has 196 valence electrons. The van der Waals surface area contributed by atoms with Crippen LogP contribution in [0.1, 0.15) is 41.9 Å². The van der Waals surface area contributed by atoms with Gasteiger partial charge in [0.05, 0.1) is 14.2 Å². The number of methoxy groups -OCH3 is 2. The Labute approximate surface area is 222 Å². The van der Waals surface area contributed by atoms with Gasteiger partial charge in [0.25, 0.3) is 5.56 Å². The van der Waals surface area contributed by atoms with Crippen molar-refractivity contribution in [3.8, 4) is 22.6 Å². The molecule has 0 bridgehead atoms. The van der Waals surface area contributed by atoms with Crippen molar-refractivity contribution in [2.24, 2.45) is 7.05 Å². The summed E-state index contributed by atoms with van der Waals surface area (Å²) in [4.78, 5) is 23.7. The number of carbonyl (C=O) groups is 1. The van der Waals surface area contributed by atoms with Gasteiger partial charge in [-0.25, -0.2) is 0 Å². The van der Waals surface area contributed by atoms with E-state index in [1.165, 1.54) is 6.92 Å². The quantitative estimate of drug-likeness (QED) is 0.461. The molecular formula is C29H34ClN3O4. The van der Waals surface area contributed by atoms with Crippen LogP contribution < -0.4 is 25.7 Å². The highest BCUT2D eigenvalue weighted by molar-refractivity contribution is 6.31. The molecule has 7 nitrogen and oxygen atoms in total. The molecule has 1 saturated heterocycles. The van der Waals surface area contributed by atoms with Gasteiger partial charge in [-0.2, -0.15) is 0 Å². The Balaban J connectivity index is 1.70. The van der Waals surface area contributed by atoms with E-state index < -0.39 is 0 Å². The Morgan fingerprint density at radius 2 is 1.86 bits per heavy atom. The predicted molar refractivity (Wildman–Crippen MR) is 147 cm³/mol. The second-order valence-electron chi connectivity index (χ2n) is 9.45. The molecule has 0 spiro atoms. The van der Waals surface area contributed by atoms with Gasteiger partial charge in [-0.3, -0.25) is 9.59 Å². The molecule has 37 heavy (non-hydrogen) atoms. The van der Waals surface area contributed by atoms with E-state index in [4.69, 9.17) is 21.1 Å². The van der Waals surface area contributed by atoms with Crippen molar-refractivity contribution in [2.45, 2.75) is 31.6 Å². The van der Waals surface area contributed by atoms with E-state index >= 15 is 0 Å². The number of benzene rings is 2. The standard InChI is InChI=1S/C29H34ClN3O4/c1-18(34)32-11-7-20-14-27(36-3)28(37-4)16-24(20)19-5-6-23(26(30)13-19)25-17-31-10-8-22(25)21-9-12-33(2)29(35)15-21/h5-6,9,12-16,22,25,31H,7-8,10-11,17H2,1-4H3,(H,32,34)/t22-,25+/m1/s1. The first-order chi connectivity index (χ1) is 17.8. The number of hydrogen-bond acceptors (Lipinski definition) is 5. The van der Waals surface area contributed by atoms with E-state index in [-0.39, 0.29) is 23.3 Å². The molecule has 1 fully saturated rings. The number of nitrogens with zero attached hydrogens (tertiary/aromatic N) is 1. The van der Waals surface area contributed by atoms with Crippen LogP contribution in [0.3, 0.4) is 0 Å². The van der Waals surface area contributed by atoms with Crippen LogP contribution in [0.2, 0.25) is 5.02 Å². The Bertz CT molecular complexity index is 1340. The van der Waals surface area contributed by atoms with Crippen LogP contribution in [-0.4, -0.2) is 44.3 Å². The number of nitrogens with one attached hydrogen (secondary N) is 2. The van der Waals surface area contributed by atoms with Crippen LogP contribution in [0.5, 0.6) is 11.5 Å². The third-order valence-electron chi connectivity index (χ3n) is 7.13. The summed E-state index contributed by atoms with van der Waals surface area (Å²) in [5.74, 6) is 1.54. The number of pyridine rings is 1.